The van der Waals surface area contributed by atoms with Crippen LogP contribution in [0.25, 0.3) is 10.4 Å². The third-order valence-electron chi connectivity index (χ3n) is 5.78. The Morgan fingerprint density at radius 3 is 2.35 bits per heavy atom. The minimum atomic E-state index is -4.44. The first-order chi connectivity index (χ1) is 17.5. The number of rotatable bonds is 9. The topological polar surface area (TPSA) is 84.5 Å². The Hall–Kier alpha value is -3.57. The molecular weight excluding hydrogens is 523 g/mol. The summed E-state index contributed by atoms with van der Waals surface area (Å²) in [6.07, 6.45) is -1.90. The van der Waals surface area contributed by atoms with Crippen LogP contribution >= 0.6 is 22.7 Å². The summed E-state index contributed by atoms with van der Waals surface area (Å²) in [7, 11) is 1.82. The van der Waals surface area contributed by atoms with E-state index in [0.29, 0.717) is 44.3 Å². The fourth-order valence-electron chi connectivity index (χ4n) is 3.63. The van der Waals surface area contributed by atoms with Crippen molar-refractivity contribution in [3.63, 3.8) is 0 Å². The normalized spacial score (nSPS) is 12.2. The van der Waals surface area contributed by atoms with Crippen LogP contribution in [0.1, 0.15) is 49.5 Å². The van der Waals surface area contributed by atoms with Gasteiger partial charge in [0.25, 0.3) is 0 Å². The van der Waals surface area contributed by atoms with E-state index in [1.54, 1.807) is 35.3 Å². The van der Waals surface area contributed by atoms with Crippen molar-refractivity contribution in [3.8, 4) is 16.2 Å². The Kier molecular flexibility index (Phi) is 7.74. The zero-order valence-corrected chi connectivity index (χ0v) is 21.5. The quantitative estimate of drug-likeness (QED) is 0.194. The number of benzene rings is 1. The van der Waals surface area contributed by atoms with Crippen LogP contribution in [0.2, 0.25) is 0 Å². The summed E-state index contributed by atoms with van der Waals surface area (Å²) >= 11 is 2.30. The molecule has 0 amide bonds. The van der Waals surface area contributed by atoms with E-state index < -0.39 is 11.7 Å². The molecule has 3 aromatic heterocycles. The Morgan fingerprint density at radius 2 is 1.73 bits per heavy atom. The van der Waals surface area contributed by atoms with Crippen molar-refractivity contribution < 1.29 is 27.9 Å². The summed E-state index contributed by atoms with van der Waals surface area (Å²) in [5.74, 6) is -0.410. The minimum absolute atomic E-state index is 0.0519. The molecule has 0 aliphatic rings. The first kappa shape index (κ1) is 26.5. The number of hydrogen-bond donors (Lipinski definition) is 1. The van der Waals surface area contributed by atoms with E-state index in [9.17, 15) is 27.9 Å². The van der Waals surface area contributed by atoms with Crippen molar-refractivity contribution in [2.45, 2.75) is 25.9 Å². The second-order valence-electron chi connectivity index (χ2n) is 8.26. The summed E-state index contributed by atoms with van der Waals surface area (Å²) in [6.45, 7) is 1.48. The number of nitrogens with zero attached hydrogens (tertiary/aromatic N) is 3. The van der Waals surface area contributed by atoms with Crippen molar-refractivity contribution in [3.05, 3.63) is 80.6 Å². The average molecular weight is 546 g/mol. The molecule has 0 aliphatic heterocycles. The lowest BCUT2D eigenvalue weighted by Gasteiger charge is -2.07. The Labute approximate surface area is 218 Å². The summed E-state index contributed by atoms with van der Waals surface area (Å²) < 4.78 is 40.2. The lowest BCUT2D eigenvalue weighted by molar-refractivity contribution is -0.137. The molecule has 3 heterocycles. The zero-order chi connectivity index (χ0) is 26.7. The fraction of sp³-hybridized carbons (Fsp3) is 0.231. The van der Waals surface area contributed by atoms with Crippen LogP contribution in [-0.4, -0.2) is 38.7 Å². The number of thiophene rings is 2. The van der Waals surface area contributed by atoms with E-state index >= 15 is 0 Å². The number of ketones is 2. The molecule has 0 unspecified atom stereocenters. The maximum Gasteiger partial charge on any atom is 0.416 e. The molecule has 0 radical (unpaired) electrons. The highest BCUT2D eigenvalue weighted by Gasteiger charge is 2.30. The first-order valence-corrected chi connectivity index (χ1v) is 12.9. The standard InChI is InChI=1S/C26H22F3N3O3S2/c1-15(19-14-36-25(24(19)35)16-3-5-17(6-4-16)26(27,28)29)30-13-21(34)23-10-9-22(37-23)20(33)8-7-18-11-12-31-32(18)2/h3-6,9-12,14,35H,7-8,13H2,1-2H3. The van der Waals surface area contributed by atoms with Gasteiger partial charge in [-0.25, -0.2) is 0 Å². The summed E-state index contributed by atoms with van der Waals surface area (Å²) in [5.41, 5.74) is 1.46. The molecule has 1 N–H and O–H groups in total. The molecule has 6 nitrogen and oxygen atoms in total. The fourth-order valence-corrected chi connectivity index (χ4v) is 5.54. The van der Waals surface area contributed by atoms with Gasteiger partial charge in [-0.3, -0.25) is 19.3 Å². The van der Waals surface area contributed by atoms with Crippen LogP contribution in [0.3, 0.4) is 0 Å². The van der Waals surface area contributed by atoms with E-state index in [2.05, 4.69) is 10.1 Å². The number of aromatic nitrogens is 2. The number of carbonyl (C=O) groups excluding carboxylic acids is 2. The average Bonchev–Trinajstić information content (AvgIpc) is 3.60. The zero-order valence-electron chi connectivity index (χ0n) is 19.9. The van der Waals surface area contributed by atoms with Gasteiger partial charge in [0.15, 0.2) is 11.6 Å². The summed E-state index contributed by atoms with van der Waals surface area (Å²) in [6, 6.07) is 9.65. The SMILES string of the molecule is CC(=NCC(=O)c1ccc(C(=O)CCc2ccnn2C)s1)c1csc(-c2ccc(C(F)(F)F)cc2)c1O. The number of carbonyl (C=O) groups is 2. The molecule has 37 heavy (non-hydrogen) atoms. The van der Waals surface area contributed by atoms with Gasteiger partial charge in [0.05, 0.1) is 20.2 Å². The maximum atomic E-state index is 12.8. The smallest absolute Gasteiger partial charge is 0.416 e. The van der Waals surface area contributed by atoms with Crippen molar-refractivity contribution in [1.29, 1.82) is 0 Å². The summed E-state index contributed by atoms with van der Waals surface area (Å²) in [5, 5.41) is 16.4. The van der Waals surface area contributed by atoms with Gasteiger partial charge in [-0.2, -0.15) is 18.3 Å². The van der Waals surface area contributed by atoms with E-state index in [0.717, 1.165) is 29.2 Å². The van der Waals surface area contributed by atoms with Crippen LogP contribution < -0.4 is 0 Å². The highest BCUT2D eigenvalue weighted by molar-refractivity contribution is 7.16. The molecule has 0 saturated carbocycles. The van der Waals surface area contributed by atoms with Gasteiger partial charge >= 0.3 is 6.18 Å². The molecule has 0 bridgehead atoms. The predicted molar refractivity (Wildman–Crippen MR) is 138 cm³/mol. The van der Waals surface area contributed by atoms with Crippen molar-refractivity contribution >= 4 is 40.0 Å². The highest BCUT2D eigenvalue weighted by Crippen LogP contribution is 2.40. The van der Waals surface area contributed by atoms with Gasteiger partial charge in [-0.15, -0.1) is 22.7 Å². The molecule has 0 aliphatic carbocycles. The Bertz CT molecular complexity index is 1460. The van der Waals surface area contributed by atoms with Gasteiger partial charge in [0, 0.05) is 42.0 Å². The van der Waals surface area contributed by atoms with E-state index in [4.69, 9.17) is 0 Å². The predicted octanol–water partition coefficient (Wildman–Crippen LogP) is 6.44. The van der Waals surface area contributed by atoms with E-state index in [-0.39, 0.29) is 23.9 Å². The molecule has 4 rings (SSSR count). The molecule has 0 spiro atoms. The van der Waals surface area contributed by atoms with Crippen LogP contribution in [0.15, 0.2) is 59.0 Å². The number of alkyl halides is 3. The second kappa shape index (κ2) is 10.8. The molecule has 0 fully saturated rings. The largest absolute Gasteiger partial charge is 0.506 e. The number of Topliss-reactive ketones (excluding diaryl/α,β-unsaturated/α-hetero) is 2. The van der Waals surface area contributed by atoms with Crippen LogP contribution in [-0.2, 0) is 19.6 Å². The van der Waals surface area contributed by atoms with Crippen molar-refractivity contribution in [1.82, 2.24) is 9.78 Å². The third-order valence-corrected chi connectivity index (χ3v) is 7.96. The number of aromatic hydroxyl groups is 1. The molecule has 4 aromatic rings. The van der Waals surface area contributed by atoms with E-state index in [1.165, 1.54) is 23.5 Å². The van der Waals surface area contributed by atoms with Gasteiger partial charge in [0.1, 0.15) is 12.3 Å². The lowest BCUT2D eigenvalue weighted by atomic mass is 10.1. The molecule has 192 valence electrons. The highest BCUT2D eigenvalue weighted by atomic mass is 32.1. The third kappa shape index (κ3) is 6.05. The number of halogens is 3. The molecular formula is C26H22F3N3O3S2. The van der Waals surface area contributed by atoms with Crippen LogP contribution in [0.5, 0.6) is 5.75 Å². The minimum Gasteiger partial charge on any atom is -0.506 e. The molecule has 1 aromatic carbocycles. The molecule has 0 saturated heterocycles. The number of aryl methyl sites for hydroxylation is 2. The molecule has 11 heteroatoms. The summed E-state index contributed by atoms with van der Waals surface area (Å²) in [4.78, 5) is 30.8. The van der Waals surface area contributed by atoms with Crippen LogP contribution in [0.4, 0.5) is 13.2 Å². The number of hydrogen-bond acceptors (Lipinski definition) is 7. The first-order valence-electron chi connectivity index (χ1n) is 11.2. The number of aliphatic imine (C=N–C) groups is 1. The molecule has 0 atom stereocenters. The van der Waals surface area contributed by atoms with Gasteiger partial charge in [-0.1, -0.05) is 12.1 Å². The Balaban J connectivity index is 1.39. The van der Waals surface area contributed by atoms with Crippen molar-refractivity contribution in [2.24, 2.45) is 12.0 Å². The van der Waals surface area contributed by atoms with Crippen molar-refractivity contribution in [2.75, 3.05) is 6.54 Å². The Morgan fingerprint density at radius 1 is 1.05 bits per heavy atom. The lowest BCUT2D eigenvalue weighted by Crippen LogP contribution is -2.05. The van der Waals surface area contributed by atoms with Crippen LogP contribution in [0, 0.1) is 0 Å². The monoisotopic (exact) mass is 545 g/mol. The van der Waals surface area contributed by atoms with Gasteiger partial charge in [-0.05, 0) is 49.2 Å². The van der Waals surface area contributed by atoms with Gasteiger partial charge in [0.2, 0.25) is 0 Å². The second-order valence-corrected chi connectivity index (χ2v) is 10.2. The van der Waals surface area contributed by atoms with Gasteiger partial charge < -0.3 is 5.11 Å². The van der Waals surface area contributed by atoms with E-state index in [1.807, 2.05) is 13.1 Å². The maximum absolute atomic E-state index is 12.8.